The summed E-state index contributed by atoms with van der Waals surface area (Å²) in [5.74, 6) is -0.305. The third-order valence-electron chi connectivity index (χ3n) is 4.80. The maximum Gasteiger partial charge on any atom is 0.274 e. The van der Waals surface area contributed by atoms with E-state index in [0.29, 0.717) is 16.9 Å². The van der Waals surface area contributed by atoms with Crippen molar-refractivity contribution < 1.29 is 9.90 Å². The van der Waals surface area contributed by atoms with Gasteiger partial charge in [-0.1, -0.05) is 0 Å². The zero-order valence-corrected chi connectivity index (χ0v) is 18.2. The van der Waals surface area contributed by atoms with Crippen LogP contribution in [0, 0.1) is 0 Å². The highest BCUT2D eigenvalue weighted by Gasteiger charge is 2.24. The van der Waals surface area contributed by atoms with E-state index in [1.165, 1.54) is 0 Å². The molecule has 3 heterocycles. The van der Waals surface area contributed by atoms with Gasteiger partial charge in [0.2, 0.25) is 0 Å². The zero-order chi connectivity index (χ0) is 20.9. The number of anilines is 1. The lowest BCUT2D eigenvalue weighted by molar-refractivity contribution is 0.0794. The average Bonchev–Trinajstić information content (AvgIpc) is 3.23. The van der Waals surface area contributed by atoms with Crippen LogP contribution in [0.25, 0.3) is 16.4 Å². The molecule has 7 nitrogen and oxygen atoms in total. The molecule has 29 heavy (non-hydrogen) atoms. The van der Waals surface area contributed by atoms with Crippen molar-refractivity contribution in [1.29, 1.82) is 0 Å². The Bertz CT molecular complexity index is 1230. The zero-order valence-electron chi connectivity index (χ0n) is 16.6. The van der Waals surface area contributed by atoms with Crippen LogP contribution in [0.3, 0.4) is 0 Å². The fourth-order valence-corrected chi connectivity index (χ4v) is 3.62. The SMILES string of the molecule is CC(C)n1cc2cc(NC(=O)c3ccc4cc(Br)cnn34)c(C(C)(C)O)cc2n1. The summed E-state index contributed by atoms with van der Waals surface area (Å²) < 4.78 is 4.29. The van der Waals surface area contributed by atoms with E-state index in [0.717, 1.165) is 20.9 Å². The average molecular weight is 456 g/mol. The number of halogens is 1. The smallest absolute Gasteiger partial charge is 0.274 e. The predicted molar refractivity (Wildman–Crippen MR) is 116 cm³/mol. The highest BCUT2D eigenvalue weighted by Crippen LogP contribution is 2.32. The molecule has 0 aliphatic heterocycles. The lowest BCUT2D eigenvalue weighted by atomic mass is 9.95. The Morgan fingerprint density at radius 1 is 1.24 bits per heavy atom. The molecule has 0 saturated heterocycles. The summed E-state index contributed by atoms with van der Waals surface area (Å²) in [5.41, 5.74) is 1.98. The molecule has 2 N–H and O–H groups in total. The Kier molecular flexibility index (Phi) is 4.71. The third-order valence-corrected chi connectivity index (χ3v) is 5.23. The number of benzene rings is 1. The summed E-state index contributed by atoms with van der Waals surface area (Å²) in [7, 11) is 0. The molecule has 4 aromatic rings. The van der Waals surface area contributed by atoms with E-state index in [4.69, 9.17) is 0 Å². The van der Waals surface area contributed by atoms with Crippen molar-refractivity contribution in [2.45, 2.75) is 39.3 Å². The molecule has 0 aliphatic rings. The summed E-state index contributed by atoms with van der Waals surface area (Å²) in [5, 5.41) is 23.4. The molecule has 4 rings (SSSR count). The maximum atomic E-state index is 13.0. The van der Waals surface area contributed by atoms with Gasteiger partial charge in [-0.15, -0.1) is 0 Å². The van der Waals surface area contributed by atoms with Crippen molar-refractivity contribution >= 4 is 43.9 Å². The number of hydrogen-bond donors (Lipinski definition) is 2. The summed E-state index contributed by atoms with van der Waals surface area (Å²) in [6.07, 6.45) is 3.58. The number of carbonyl (C=O) groups is 1. The number of nitrogens with one attached hydrogen (secondary N) is 1. The fraction of sp³-hybridized carbons (Fsp3) is 0.286. The fourth-order valence-electron chi connectivity index (χ4n) is 3.30. The van der Waals surface area contributed by atoms with Crippen molar-refractivity contribution in [2.75, 3.05) is 5.32 Å². The quantitative estimate of drug-likeness (QED) is 0.474. The number of rotatable bonds is 4. The topological polar surface area (TPSA) is 84.5 Å². The third kappa shape index (κ3) is 3.65. The van der Waals surface area contributed by atoms with E-state index < -0.39 is 5.60 Å². The predicted octanol–water partition coefficient (Wildman–Crippen LogP) is 4.51. The van der Waals surface area contributed by atoms with E-state index in [1.807, 2.05) is 35.1 Å². The monoisotopic (exact) mass is 455 g/mol. The Labute approximate surface area is 176 Å². The Morgan fingerprint density at radius 3 is 2.69 bits per heavy atom. The lowest BCUT2D eigenvalue weighted by Gasteiger charge is -2.22. The number of aliphatic hydroxyl groups is 1. The normalized spacial score (nSPS) is 12.2. The first-order valence-electron chi connectivity index (χ1n) is 9.34. The van der Waals surface area contributed by atoms with Gasteiger partial charge >= 0.3 is 0 Å². The largest absolute Gasteiger partial charge is 0.386 e. The number of nitrogens with zero attached hydrogens (tertiary/aromatic N) is 4. The molecule has 0 spiro atoms. The molecule has 0 fully saturated rings. The lowest BCUT2D eigenvalue weighted by Crippen LogP contribution is -2.22. The molecule has 150 valence electrons. The van der Waals surface area contributed by atoms with E-state index in [2.05, 4.69) is 45.3 Å². The highest BCUT2D eigenvalue weighted by atomic mass is 79.9. The van der Waals surface area contributed by atoms with E-state index >= 15 is 0 Å². The number of fused-ring (bicyclic) bond motifs is 2. The molecule has 8 heteroatoms. The van der Waals surface area contributed by atoms with Crippen LogP contribution in [0.1, 0.15) is 49.8 Å². The minimum atomic E-state index is -1.15. The van der Waals surface area contributed by atoms with Crippen LogP contribution in [0.4, 0.5) is 5.69 Å². The van der Waals surface area contributed by atoms with Crippen molar-refractivity contribution in [1.82, 2.24) is 19.4 Å². The van der Waals surface area contributed by atoms with Gasteiger partial charge < -0.3 is 10.4 Å². The van der Waals surface area contributed by atoms with Gasteiger partial charge in [0.1, 0.15) is 5.69 Å². The van der Waals surface area contributed by atoms with Gasteiger partial charge in [0.15, 0.2) is 0 Å². The maximum absolute atomic E-state index is 13.0. The standard InChI is InChI=1S/C21H22BrN5O2/c1-12(2)26-11-13-7-18(16(21(3,4)29)9-17(13)25-26)24-20(28)19-6-5-15-8-14(22)10-23-27(15)19/h5-12,29H,1-4H3,(H,24,28). The summed E-state index contributed by atoms with van der Waals surface area (Å²) >= 11 is 3.39. The molecule has 0 radical (unpaired) electrons. The van der Waals surface area contributed by atoms with Gasteiger partial charge in [-0.05, 0) is 74.0 Å². The van der Waals surface area contributed by atoms with Gasteiger partial charge in [-0.3, -0.25) is 9.48 Å². The van der Waals surface area contributed by atoms with Crippen LogP contribution in [0.5, 0.6) is 0 Å². The van der Waals surface area contributed by atoms with Gasteiger partial charge in [0, 0.05) is 33.3 Å². The minimum Gasteiger partial charge on any atom is -0.386 e. The molecule has 0 aliphatic carbocycles. The number of carbonyl (C=O) groups excluding carboxylic acids is 1. The van der Waals surface area contributed by atoms with Gasteiger partial charge in [-0.2, -0.15) is 10.2 Å². The Morgan fingerprint density at radius 2 is 2.00 bits per heavy atom. The molecule has 0 saturated carbocycles. The van der Waals surface area contributed by atoms with Crippen molar-refractivity contribution in [2.24, 2.45) is 0 Å². The number of amides is 1. The van der Waals surface area contributed by atoms with Crippen LogP contribution in [0.2, 0.25) is 0 Å². The summed E-state index contributed by atoms with van der Waals surface area (Å²) in [4.78, 5) is 13.0. The first-order valence-corrected chi connectivity index (χ1v) is 10.1. The second-order valence-corrected chi connectivity index (χ2v) is 8.82. The van der Waals surface area contributed by atoms with Gasteiger partial charge in [-0.25, -0.2) is 4.52 Å². The first-order chi connectivity index (χ1) is 13.6. The van der Waals surface area contributed by atoms with Crippen LogP contribution in [-0.2, 0) is 5.60 Å². The molecule has 1 amide bonds. The molecular weight excluding hydrogens is 434 g/mol. The molecule has 0 atom stereocenters. The van der Waals surface area contributed by atoms with Gasteiger partial charge in [0.05, 0.1) is 22.8 Å². The van der Waals surface area contributed by atoms with Crippen LogP contribution >= 0.6 is 15.9 Å². The van der Waals surface area contributed by atoms with Crippen LogP contribution < -0.4 is 5.32 Å². The molecule has 3 aromatic heterocycles. The summed E-state index contributed by atoms with van der Waals surface area (Å²) in [6.45, 7) is 7.48. The molecular formula is C21H22BrN5O2. The van der Waals surface area contributed by atoms with E-state index in [9.17, 15) is 9.90 Å². The Balaban J connectivity index is 1.78. The molecule has 0 bridgehead atoms. The van der Waals surface area contributed by atoms with Crippen molar-refractivity contribution in [3.05, 3.63) is 58.5 Å². The van der Waals surface area contributed by atoms with E-state index in [1.54, 1.807) is 30.6 Å². The number of hydrogen-bond acceptors (Lipinski definition) is 4. The highest BCUT2D eigenvalue weighted by molar-refractivity contribution is 9.10. The van der Waals surface area contributed by atoms with E-state index in [-0.39, 0.29) is 11.9 Å². The second-order valence-electron chi connectivity index (χ2n) is 7.90. The van der Waals surface area contributed by atoms with Crippen molar-refractivity contribution in [3.63, 3.8) is 0 Å². The number of aromatic nitrogens is 4. The van der Waals surface area contributed by atoms with Gasteiger partial charge in [0.25, 0.3) is 5.91 Å². The minimum absolute atomic E-state index is 0.212. The van der Waals surface area contributed by atoms with Crippen molar-refractivity contribution in [3.8, 4) is 0 Å². The Hall–Kier alpha value is -2.71. The first kappa shape index (κ1) is 19.6. The molecule has 1 aromatic carbocycles. The van der Waals surface area contributed by atoms with Crippen LogP contribution in [-0.4, -0.2) is 30.4 Å². The summed E-state index contributed by atoms with van der Waals surface area (Å²) in [6, 6.07) is 9.34. The second kappa shape index (κ2) is 6.96. The molecule has 0 unspecified atom stereocenters. The van der Waals surface area contributed by atoms with Crippen LogP contribution in [0.15, 0.2) is 47.2 Å².